The average Bonchev–Trinajstić information content (AvgIpc) is 3.53. The van der Waals surface area contributed by atoms with Crippen molar-refractivity contribution in [3.8, 4) is 17.0 Å². The number of nitrogens with one attached hydrogen (secondary N) is 2. The Kier molecular flexibility index (Phi) is 4.88. The third kappa shape index (κ3) is 3.42. The van der Waals surface area contributed by atoms with Gasteiger partial charge >= 0.3 is 0 Å². The monoisotopic (exact) mass is 487 g/mol. The molecule has 6 rings (SSSR count). The minimum Gasteiger partial charge on any atom is -0.497 e. The topological polar surface area (TPSA) is 169 Å². The third-order valence-electron chi connectivity index (χ3n) is 6.42. The van der Waals surface area contributed by atoms with E-state index in [1.165, 1.54) is 12.0 Å². The van der Waals surface area contributed by atoms with E-state index in [9.17, 15) is 14.7 Å². The molecule has 3 aromatic heterocycles. The molecule has 0 spiro atoms. The lowest BCUT2D eigenvalue weighted by Gasteiger charge is -2.29. The second kappa shape index (κ2) is 8.00. The predicted molar refractivity (Wildman–Crippen MR) is 126 cm³/mol. The number of aromatic nitrogens is 3. The number of benzene rings is 1. The van der Waals surface area contributed by atoms with Gasteiger partial charge in [-0.15, -0.1) is 0 Å². The van der Waals surface area contributed by atoms with Gasteiger partial charge in [-0.2, -0.15) is 0 Å². The molecule has 1 aromatic carbocycles. The number of methoxy groups -OCH3 is 1. The maximum atomic E-state index is 13.2. The van der Waals surface area contributed by atoms with Crippen LogP contribution in [0.5, 0.6) is 5.75 Å². The number of carbonyl (C=O) groups excluding carboxylic acids is 2. The van der Waals surface area contributed by atoms with Gasteiger partial charge in [0.15, 0.2) is 17.5 Å². The Morgan fingerprint density at radius 2 is 2.03 bits per heavy atom. The molecule has 182 valence electrons. The molecule has 2 unspecified atom stereocenters. The highest BCUT2D eigenvalue weighted by atomic mass is 16.5. The zero-order valence-electron chi connectivity index (χ0n) is 19.1. The van der Waals surface area contributed by atoms with Crippen LogP contribution in [0.1, 0.15) is 21.7 Å². The van der Waals surface area contributed by atoms with Crippen LogP contribution in [0.15, 0.2) is 53.2 Å². The Bertz CT molecular complexity index is 1520. The summed E-state index contributed by atoms with van der Waals surface area (Å²) in [6, 6.07) is 10.4. The number of amides is 2. The minimum absolute atomic E-state index is 0.0792. The summed E-state index contributed by atoms with van der Waals surface area (Å²) in [5.74, 6) is 0.158. The van der Waals surface area contributed by atoms with Gasteiger partial charge in [-0.25, -0.2) is 15.0 Å². The van der Waals surface area contributed by atoms with Crippen LogP contribution < -0.4 is 21.1 Å². The smallest absolute Gasteiger partial charge is 0.254 e. The number of hydrogen-bond donors (Lipinski definition) is 4. The van der Waals surface area contributed by atoms with Gasteiger partial charge in [-0.05, 0) is 29.8 Å². The van der Waals surface area contributed by atoms with Crippen molar-refractivity contribution in [3.63, 3.8) is 0 Å². The van der Waals surface area contributed by atoms with Crippen LogP contribution in [0.4, 0.5) is 5.95 Å². The highest BCUT2D eigenvalue weighted by molar-refractivity contribution is 6.00. The fraction of sp³-hybridized carbons (Fsp3) is 0.208. The van der Waals surface area contributed by atoms with Gasteiger partial charge in [-0.3, -0.25) is 14.9 Å². The molecular weight excluding hydrogens is 466 g/mol. The molecule has 36 heavy (non-hydrogen) atoms. The second-order valence-corrected chi connectivity index (χ2v) is 8.63. The maximum absolute atomic E-state index is 13.2. The summed E-state index contributed by atoms with van der Waals surface area (Å²) in [7, 11) is 1.53. The lowest BCUT2D eigenvalue weighted by atomic mass is 9.95. The molecule has 2 aliphatic heterocycles. The van der Waals surface area contributed by atoms with Crippen LogP contribution in [-0.2, 0) is 16.9 Å². The van der Waals surface area contributed by atoms with E-state index in [-0.39, 0.29) is 24.2 Å². The van der Waals surface area contributed by atoms with Gasteiger partial charge in [-0.1, -0.05) is 6.07 Å². The Labute approximate surface area is 204 Å². The van der Waals surface area contributed by atoms with Crippen LogP contribution in [0.2, 0.25) is 0 Å². The number of aliphatic hydroxyl groups excluding tert-OH is 1. The number of fused-ring (bicyclic) bond motifs is 2. The van der Waals surface area contributed by atoms with E-state index in [0.29, 0.717) is 40.2 Å². The quantitative estimate of drug-likeness (QED) is 0.315. The molecule has 12 nitrogen and oxygen atoms in total. The van der Waals surface area contributed by atoms with E-state index in [0.717, 1.165) is 5.56 Å². The van der Waals surface area contributed by atoms with Crippen LogP contribution in [-0.4, -0.2) is 56.8 Å². The molecule has 0 aliphatic carbocycles. The first-order chi connectivity index (χ1) is 17.4. The highest BCUT2D eigenvalue weighted by Crippen LogP contribution is 2.35. The lowest BCUT2D eigenvalue weighted by molar-refractivity contribution is -0.125. The number of rotatable bonds is 5. The first-order valence-corrected chi connectivity index (χ1v) is 11.1. The van der Waals surface area contributed by atoms with Gasteiger partial charge in [0.2, 0.25) is 5.95 Å². The van der Waals surface area contributed by atoms with Gasteiger partial charge in [0.1, 0.15) is 17.0 Å². The summed E-state index contributed by atoms with van der Waals surface area (Å²) >= 11 is 0. The van der Waals surface area contributed by atoms with Crippen molar-refractivity contribution in [2.75, 3.05) is 19.4 Å². The molecule has 12 heteroatoms. The van der Waals surface area contributed by atoms with E-state index >= 15 is 0 Å². The number of anilines is 1. The predicted octanol–water partition coefficient (Wildman–Crippen LogP) is 0.722. The normalized spacial score (nSPS) is 21.2. The molecule has 2 aliphatic rings. The molecule has 5 heterocycles. The molecule has 2 atom stereocenters. The molecule has 0 bridgehead atoms. The van der Waals surface area contributed by atoms with Crippen LogP contribution >= 0.6 is 0 Å². The third-order valence-corrected chi connectivity index (χ3v) is 6.42. The lowest BCUT2D eigenvalue weighted by Crippen LogP contribution is -2.53. The van der Waals surface area contributed by atoms with E-state index < -0.39 is 17.8 Å². The number of pyridine rings is 1. The van der Waals surface area contributed by atoms with Crippen LogP contribution in [0.25, 0.3) is 22.4 Å². The van der Waals surface area contributed by atoms with Crippen molar-refractivity contribution in [1.82, 2.24) is 30.5 Å². The fourth-order valence-corrected chi connectivity index (χ4v) is 4.61. The van der Waals surface area contributed by atoms with Gasteiger partial charge in [0.25, 0.3) is 11.8 Å². The standard InChI is InChI=1S/C24H21N7O5/c1-35-14-3-2-12-10-31(20(32)15(12)6-14)11-24(21(33)29-23(34)30-24)19-7-17-18(36-19)5-4-16(28-17)13-8-26-22(25)27-9-13/h2-9,23,30,34H,10-11H2,1H3,(H,29,33)(H2,25,26,27). The first-order valence-electron chi connectivity index (χ1n) is 11.1. The molecule has 5 N–H and O–H groups in total. The molecule has 4 aromatic rings. The van der Waals surface area contributed by atoms with E-state index in [2.05, 4.69) is 25.6 Å². The Balaban J connectivity index is 1.37. The number of hydrogen-bond acceptors (Lipinski definition) is 10. The molecule has 0 saturated carbocycles. The number of furan rings is 1. The van der Waals surface area contributed by atoms with Gasteiger partial charge < -0.3 is 30.2 Å². The molecule has 2 amide bonds. The van der Waals surface area contributed by atoms with E-state index in [1.54, 1.807) is 42.7 Å². The van der Waals surface area contributed by atoms with E-state index in [4.69, 9.17) is 14.9 Å². The number of carbonyl (C=O) groups is 2. The fourth-order valence-electron chi connectivity index (χ4n) is 4.61. The molecule has 1 saturated heterocycles. The van der Waals surface area contributed by atoms with Crippen molar-refractivity contribution >= 4 is 28.9 Å². The van der Waals surface area contributed by atoms with Crippen molar-refractivity contribution in [2.45, 2.75) is 18.4 Å². The Morgan fingerprint density at radius 1 is 1.22 bits per heavy atom. The van der Waals surface area contributed by atoms with Gasteiger partial charge in [0, 0.05) is 36.1 Å². The largest absolute Gasteiger partial charge is 0.497 e. The summed E-state index contributed by atoms with van der Waals surface area (Å²) in [5.41, 5.74) is 7.52. The summed E-state index contributed by atoms with van der Waals surface area (Å²) < 4.78 is 11.3. The second-order valence-electron chi connectivity index (χ2n) is 8.63. The van der Waals surface area contributed by atoms with Crippen molar-refractivity contribution in [2.24, 2.45) is 0 Å². The number of nitrogens with two attached hydrogens (primary N) is 1. The number of nitrogen functional groups attached to an aromatic ring is 1. The summed E-state index contributed by atoms with van der Waals surface area (Å²) in [4.78, 5) is 40.5. The number of nitrogens with zero attached hydrogens (tertiary/aromatic N) is 4. The zero-order valence-corrected chi connectivity index (χ0v) is 19.1. The summed E-state index contributed by atoms with van der Waals surface area (Å²) in [6.45, 7) is 0.217. The van der Waals surface area contributed by atoms with Crippen molar-refractivity contribution in [1.29, 1.82) is 0 Å². The SMILES string of the molecule is COc1ccc2c(c1)C(=O)N(CC1(c3cc4nc(-c5cnc(N)nc5)ccc4o3)NC(O)NC1=O)C2. The van der Waals surface area contributed by atoms with Crippen molar-refractivity contribution in [3.05, 3.63) is 65.7 Å². The van der Waals surface area contributed by atoms with Crippen molar-refractivity contribution < 1.29 is 23.8 Å². The Hall–Kier alpha value is -4.55. The molecule has 0 radical (unpaired) electrons. The highest BCUT2D eigenvalue weighted by Gasteiger charge is 2.52. The maximum Gasteiger partial charge on any atom is 0.254 e. The minimum atomic E-state index is -1.54. The Morgan fingerprint density at radius 3 is 2.75 bits per heavy atom. The molecular formula is C24H21N7O5. The first kappa shape index (κ1) is 21.9. The number of ether oxygens (including phenoxy) is 1. The summed E-state index contributed by atoms with van der Waals surface area (Å²) in [5, 5.41) is 15.5. The molecule has 1 fully saturated rings. The summed E-state index contributed by atoms with van der Waals surface area (Å²) in [6.07, 6.45) is 1.81. The zero-order chi connectivity index (χ0) is 25.0. The number of aliphatic hydroxyl groups is 1. The van der Waals surface area contributed by atoms with E-state index in [1.807, 2.05) is 6.07 Å². The average molecular weight is 487 g/mol. The van der Waals surface area contributed by atoms with Crippen LogP contribution in [0, 0.1) is 0 Å². The van der Waals surface area contributed by atoms with Crippen LogP contribution in [0.3, 0.4) is 0 Å². The van der Waals surface area contributed by atoms with Gasteiger partial charge in [0.05, 0.1) is 19.3 Å².